The van der Waals surface area contributed by atoms with Gasteiger partial charge < -0.3 is 9.72 Å². The van der Waals surface area contributed by atoms with Crippen LogP contribution in [0.4, 0.5) is 0 Å². The van der Waals surface area contributed by atoms with Crippen molar-refractivity contribution in [3.63, 3.8) is 0 Å². The Balaban J connectivity index is 1.21. The maximum absolute atomic E-state index is 5.59. The van der Waals surface area contributed by atoms with Gasteiger partial charge in [-0.15, -0.1) is 0 Å². The van der Waals surface area contributed by atoms with Crippen molar-refractivity contribution >= 4 is 22.8 Å². The minimum absolute atomic E-state index is 0.722. The number of rotatable bonds is 10. The van der Waals surface area contributed by atoms with Gasteiger partial charge in [-0.2, -0.15) is 0 Å². The molecule has 2 aromatic heterocycles. The molecule has 126 valence electrons. The van der Waals surface area contributed by atoms with E-state index in [2.05, 4.69) is 21.0 Å². The molecule has 24 heavy (non-hydrogen) atoms. The molecule has 4 nitrogen and oxygen atoms in total. The fourth-order valence-electron chi connectivity index (χ4n) is 2.51. The summed E-state index contributed by atoms with van der Waals surface area (Å²) in [6.07, 6.45) is 7.80. The molecule has 3 aromatic rings. The average Bonchev–Trinajstić information content (AvgIpc) is 3.04. The number of hydrogen-bond donors (Lipinski definition) is 1. The van der Waals surface area contributed by atoms with Crippen molar-refractivity contribution in [1.29, 1.82) is 0 Å². The van der Waals surface area contributed by atoms with Gasteiger partial charge >= 0.3 is 0 Å². The number of nitrogens with one attached hydrogen (secondary N) is 1. The van der Waals surface area contributed by atoms with Crippen LogP contribution in [-0.4, -0.2) is 27.3 Å². The zero-order valence-corrected chi connectivity index (χ0v) is 14.6. The zero-order valence-electron chi connectivity index (χ0n) is 13.8. The number of thioether (sulfide) groups is 1. The van der Waals surface area contributed by atoms with Gasteiger partial charge in [0.2, 0.25) is 5.88 Å². The van der Waals surface area contributed by atoms with Crippen LogP contribution in [0.3, 0.4) is 0 Å². The van der Waals surface area contributed by atoms with Crippen molar-refractivity contribution in [1.82, 2.24) is 15.0 Å². The SMILES string of the molecule is c1ccc(OCCCCCCCSc2nc3ccccc3[nH]2)nc1. The number of benzene rings is 1. The minimum atomic E-state index is 0.722. The van der Waals surface area contributed by atoms with E-state index in [0.29, 0.717) is 0 Å². The smallest absolute Gasteiger partial charge is 0.213 e. The van der Waals surface area contributed by atoms with E-state index in [-0.39, 0.29) is 0 Å². The lowest BCUT2D eigenvalue weighted by Crippen LogP contribution is -1.98. The number of pyridine rings is 1. The van der Waals surface area contributed by atoms with E-state index >= 15 is 0 Å². The Labute approximate surface area is 147 Å². The molecule has 0 amide bonds. The molecule has 0 aliphatic heterocycles. The summed E-state index contributed by atoms with van der Waals surface area (Å²) in [6, 6.07) is 13.9. The van der Waals surface area contributed by atoms with Crippen LogP contribution in [0.5, 0.6) is 5.88 Å². The molecule has 0 bridgehead atoms. The summed E-state index contributed by atoms with van der Waals surface area (Å²) in [4.78, 5) is 12.1. The van der Waals surface area contributed by atoms with Crippen LogP contribution >= 0.6 is 11.8 Å². The van der Waals surface area contributed by atoms with Crippen LogP contribution in [0.15, 0.2) is 53.8 Å². The van der Waals surface area contributed by atoms with Gasteiger partial charge in [-0.1, -0.05) is 49.2 Å². The zero-order chi connectivity index (χ0) is 16.5. The largest absolute Gasteiger partial charge is 0.478 e. The standard InChI is InChI=1S/C19H23N3OS/c1(2-8-14-23-18-12-6-7-13-20-18)3-9-15-24-19-21-16-10-4-5-11-17(16)22-19/h4-7,10-13H,1-3,8-9,14-15H2,(H,21,22). The second-order valence-corrected chi connectivity index (χ2v) is 6.78. The van der Waals surface area contributed by atoms with E-state index in [1.54, 1.807) is 6.20 Å². The van der Waals surface area contributed by atoms with Crippen molar-refractivity contribution in [3.8, 4) is 5.88 Å². The highest BCUT2D eigenvalue weighted by molar-refractivity contribution is 7.99. The predicted octanol–water partition coefficient (Wildman–Crippen LogP) is 5.08. The Morgan fingerprint density at radius 2 is 1.75 bits per heavy atom. The van der Waals surface area contributed by atoms with Crippen molar-refractivity contribution in [2.24, 2.45) is 0 Å². The molecule has 1 N–H and O–H groups in total. The molecule has 0 atom stereocenters. The first-order valence-electron chi connectivity index (χ1n) is 8.53. The summed E-state index contributed by atoms with van der Waals surface area (Å²) in [6.45, 7) is 0.755. The van der Waals surface area contributed by atoms with Gasteiger partial charge in [0, 0.05) is 18.0 Å². The van der Waals surface area contributed by atoms with Gasteiger partial charge in [0.1, 0.15) is 0 Å². The van der Waals surface area contributed by atoms with Gasteiger partial charge in [-0.05, 0) is 31.0 Å². The molecule has 0 aliphatic rings. The number of aromatic nitrogens is 3. The van der Waals surface area contributed by atoms with Gasteiger partial charge in [-0.25, -0.2) is 9.97 Å². The number of para-hydroxylation sites is 2. The molecule has 2 heterocycles. The topological polar surface area (TPSA) is 50.8 Å². The summed E-state index contributed by atoms with van der Waals surface area (Å²) >= 11 is 1.81. The lowest BCUT2D eigenvalue weighted by Gasteiger charge is -2.04. The Morgan fingerprint density at radius 1 is 0.917 bits per heavy atom. The monoisotopic (exact) mass is 341 g/mol. The molecular formula is C19H23N3OS. The highest BCUT2D eigenvalue weighted by Gasteiger charge is 2.02. The predicted molar refractivity (Wildman–Crippen MR) is 99.6 cm³/mol. The molecule has 0 spiro atoms. The Bertz CT molecular complexity index is 697. The fourth-order valence-corrected chi connectivity index (χ4v) is 3.40. The average molecular weight is 341 g/mol. The summed E-state index contributed by atoms with van der Waals surface area (Å²) in [5.41, 5.74) is 2.17. The minimum Gasteiger partial charge on any atom is -0.478 e. The number of nitrogens with zero attached hydrogens (tertiary/aromatic N) is 2. The summed E-state index contributed by atoms with van der Waals surface area (Å²) in [5, 5.41) is 1.03. The van der Waals surface area contributed by atoms with E-state index in [9.17, 15) is 0 Å². The summed E-state index contributed by atoms with van der Waals surface area (Å²) in [5.74, 6) is 1.84. The van der Waals surface area contributed by atoms with E-state index in [1.165, 1.54) is 25.7 Å². The Hall–Kier alpha value is -2.01. The van der Waals surface area contributed by atoms with E-state index in [1.807, 2.05) is 48.2 Å². The van der Waals surface area contributed by atoms with Crippen LogP contribution in [0.25, 0.3) is 11.0 Å². The van der Waals surface area contributed by atoms with Crippen LogP contribution in [0.1, 0.15) is 32.1 Å². The molecule has 0 aliphatic carbocycles. The molecule has 0 radical (unpaired) electrons. The molecule has 3 rings (SSSR count). The third kappa shape index (κ3) is 5.27. The number of imidazole rings is 1. The number of hydrogen-bond acceptors (Lipinski definition) is 4. The number of H-pyrrole nitrogens is 1. The van der Waals surface area contributed by atoms with Crippen LogP contribution in [-0.2, 0) is 0 Å². The van der Waals surface area contributed by atoms with Gasteiger partial charge in [0.25, 0.3) is 0 Å². The van der Waals surface area contributed by atoms with E-state index < -0.39 is 0 Å². The van der Waals surface area contributed by atoms with Gasteiger partial charge in [0.05, 0.1) is 17.6 Å². The lowest BCUT2D eigenvalue weighted by molar-refractivity contribution is 0.293. The van der Waals surface area contributed by atoms with Crippen LogP contribution in [0.2, 0.25) is 0 Å². The fraction of sp³-hybridized carbons (Fsp3) is 0.368. The first kappa shape index (κ1) is 16.8. The van der Waals surface area contributed by atoms with Crippen molar-refractivity contribution in [2.45, 2.75) is 37.3 Å². The first-order valence-corrected chi connectivity index (χ1v) is 9.52. The number of unbranched alkanes of at least 4 members (excludes halogenated alkanes) is 4. The van der Waals surface area contributed by atoms with Gasteiger partial charge in [-0.3, -0.25) is 0 Å². The number of ether oxygens (including phenoxy) is 1. The third-order valence-corrected chi connectivity index (χ3v) is 4.74. The normalized spacial score (nSPS) is 11.0. The Kier molecular flexibility index (Phi) is 6.54. The van der Waals surface area contributed by atoms with Crippen molar-refractivity contribution in [2.75, 3.05) is 12.4 Å². The van der Waals surface area contributed by atoms with E-state index in [4.69, 9.17) is 4.74 Å². The molecule has 0 saturated carbocycles. The molecule has 0 saturated heterocycles. The summed E-state index contributed by atoms with van der Waals surface area (Å²) in [7, 11) is 0. The molecule has 0 unspecified atom stereocenters. The quantitative estimate of drug-likeness (QED) is 0.413. The van der Waals surface area contributed by atoms with Gasteiger partial charge in [0.15, 0.2) is 5.16 Å². The van der Waals surface area contributed by atoms with Crippen LogP contribution in [0, 0.1) is 0 Å². The lowest BCUT2D eigenvalue weighted by atomic mass is 10.2. The van der Waals surface area contributed by atoms with Crippen molar-refractivity contribution in [3.05, 3.63) is 48.7 Å². The molecular weight excluding hydrogens is 318 g/mol. The highest BCUT2D eigenvalue weighted by Crippen LogP contribution is 2.20. The molecule has 1 aromatic carbocycles. The van der Waals surface area contributed by atoms with Crippen LogP contribution < -0.4 is 4.74 Å². The maximum Gasteiger partial charge on any atom is 0.213 e. The molecule has 5 heteroatoms. The highest BCUT2D eigenvalue weighted by atomic mass is 32.2. The first-order chi connectivity index (χ1) is 11.9. The summed E-state index contributed by atoms with van der Waals surface area (Å²) < 4.78 is 5.59. The number of aromatic amines is 1. The second-order valence-electron chi connectivity index (χ2n) is 5.69. The van der Waals surface area contributed by atoms with E-state index in [0.717, 1.165) is 40.9 Å². The second kappa shape index (κ2) is 9.33. The van der Waals surface area contributed by atoms with Crippen molar-refractivity contribution < 1.29 is 4.74 Å². The molecule has 0 fully saturated rings. The number of fused-ring (bicyclic) bond motifs is 1. The Morgan fingerprint density at radius 3 is 2.62 bits per heavy atom. The maximum atomic E-state index is 5.59. The third-order valence-electron chi connectivity index (χ3n) is 3.78.